The first-order chi connectivity index (χ1) is 12.0. The number of aromatic nitrogens is 2. The molecule has 2 aromatic carbocycles. The number of hydrogen-bond acceptors (Lipinski definition) is 3. The van der Waals surface area contributed by atoms with Crippen molar-refractivity contribution < 1.29 is 9.47 Å². The highest BCUT2D eigenvalue weighted by Crippen LogP contribution is 2.40. The van der Waals surface area contributed by atoms with E-state index in [0.29, 0.717) is 40.6 Å². The van der Waals surface area contributed by atoms with Crippen LogP contribution in [0, 0.1) is 0 Å². The van der Waals surface area contributed by atoms with Gasteiger partial charge in [-0.2, -0.15) is 0 Å². The summed E-state index contributed by atoms with van der Waals surface area (Å²) in [6, 6.07) is 7.39. The molecule has 1 aromatic heterocycles. The zero-order valence-corrected chi connectivity index (χ0v) is 16.9. The molecule has 0 radical (unpaired) electrons. The number of nitrogens with zero attached hydrogens (tertiary/aromatic N) is 1. The molecular weight excluding hydrogens is 427 g/mol. The van der Waals surface area contributed by atoms with Gasteiger partial charge in [-0.05, 0) is 53.5 Å². The Morgan fingerprint density at radius 2 is 1.84 bits per heavy atom. The fraction of sp³-hybridized carbons (Fsp3) is 0.278. The van der Waals surface area contributed by atoms with Crippen molar-refractivity contribution in [3.8, 4) is 22.9 Å². The molecule has 7 heteroatoms. The van der Waals surface area contributed by atoms with E-state index in [1.54, 1.807) is 12.1 Å². The monoisotopic (exact) mass is 442 g/mol. The van der Waals surface area contributed by atoms with E-state index >= 15 is 0 Å². The minimum atomic E-state index is 0.478. The zero-order chi connectivity index (χ0) is 18.0. The Morgan fingerprint density at radius 3 is 2.56 bits per heavy atom. The lowest BCUT2D eigenvalue weighted by molar-refractivity contribution is 0.275. The molecule has 3 rings (SSSR count). The molecule has 1 heterocycles. The van der Waals surface area contributed by atoms with Crippen molar-refractivity contribution in [1.82, 2.24) is 9.97 Å². The largest absolute Gasteiger partial charge is 0.490 e. The van der Waals surface area contributed by atoms with Gasteiger partial charge in [0.25, 0.3) is 0 Å². The number of hydrogen-bond donors (Lipinski definition) is 1. The molecule has 0 aliphatic carbocycles. The van der Waals surface area contributed by atoms with Crippen LogP contribution < -0.4 is 9.47 Å². The van der Waals surface area contributed by atoms with Gasteiger partial charge in [0.05, 0.1) is 38.8 Å². The average molecular weight is 444 g/mol. The first kappa shape index (κ1) is 18.4. The molecule has 0 aliphatic rings. The number of rotatable bonds is 6. The van der Waals surface area contributed by atoms with E-state index in [4.69, 9.17) is 32.7 Å². The topological polar surface area (TPSA) is 47.1 Å². The second-order valence-corrected chi connectivity index (χ2v) is 7.10. The number of nitrogens with one attached hydrogen (secondary N) is 1. The lowest BCUT2D eigenvalue weighted by atomic mass is 10.2. The number of H-pyrrole nitrogens is 1. The minimum absolute atomic E-state index is 0.478. The molecule has 0 unspecified atom stereocenters. The van der Waals surface area contributed by atoms with E-state index < -0.39 is 0 Å². The van der Waals surface area contributed by atoms with Gasteiger partial charge in [0.2, 0.25) is 0 Å². The fourth-order valence-electron chi connectivity index (χ4n) is 2.45. The summed E-state index contributed by atoms with van der Waals surface area (Å²) in [6.07, 6.45) is 0.921. The van der Waals surface area contributed by atoms with Gasteiger partial charge in [-0.25, -0.2) is 4.98 Å². The summed E-state index contributed by atoms with van der Waals surface area (Å²) in [6.45, 7) is 5.17. The summed E-state index contributed by atoms with van der Waals surface area (Å²) >= 11 is 15.7. The summed E-state index contributed by atoms with van der Waals surface area (Å²) in [5.41, 5.74) is 2.46. The van der Waals surface area contributed by atoms with Gasteiger partial charge in [-0.15, -0.1) is 0 Å². The van der Waals surface area contributed by atoms with Crippen molar-refractivity contribution in [3.63, 3.8) is 0 Å². The Hall–Kier alpha value is -1.43. The molecular formula is C18H17BrCl2N2O2. The van der Waals surface area contributed by atoms with Crippen LogP contribution in [0.2, 0.25) is 10.0 Å². The fourth-order valence-corrected chi connectivity index (χ4v) is 3.33. The van der Waals surface area contributed by atoms with Crippen molar-refractivity contribution in [2.45, 2.75) is 20.3 Å². The van der Waals surface area contributed by atoms with Crippen LogP contribution in [-0.4, -0.2) is 23.2 Å². The Kier molecular flexibility index (Phi) is 5.77. The highest BCUT2D eigenvalue weighted by atomic mass is 79.9. The highest BCUT2D eigenvalue weighted by molar-refractivity contribution is 9.10. The van der Waals surface area contributed by atoms with Gasteiger partial charge in [-0.1, -0.05) is 30.1 Å². The average Bonchev–Trinajstić information content (AvgIpc) is 2.97. The van der Waals surface area contributed by atoms with Crippen LogP contribution in [0.5, 0.6) is 11.5 Å². The third-order valence-corrected chi connectivity index (χ3v) is 4.87. The SMILES string of the molecule is CCCOc1c(Br)cc(-c2nc3cc(Cl)c(Cl)cc3[nH]2)cc1OCC. The summed E-state index contributed by atoms with van der Waals surface area (Å²) in [5, 5.41) is 0.968. The van der Waals surface area contributed by atoms with E-state index in [2.05, 4.69) is 32.8 Å². The van der Waals surface area contributed by atoms with Crippen molar-refractivity contribution >= 4 is 50.2 Å². The zero-order valence-electron chi connectivity index (χ0n) is 13.8. The third-order valence-electron chi connectivity index (χ3n) is 3.56. The second kappa shape index (κ2) is 7.85. The van der Waals surface area contributed by atoms with Gasteiger partial charge < -0.3 is 14.5 Å². The standard InChI is InChI=1S/C18H17BrCl2N2O2/c1-3-5-25-17-11(19)6-10(7-16(17)24-4-2)18-22-14-8-12(20)13(21)9-15(14)23-18/h6-9H,3-5H2,1-2H3,(H,22,23). The molecule has 0 spiro atoms. The van der Waals surface area contributed by atoms with Gasteiger partial charge >= 0.3 is 0 Å². The maximum Gasteiger partial charge on any atom is 0.175 e. The highest BCUT2D eigenvalue weighted by Gasteiger charge is 2.15. The molecule has 3 aromatic rings. The maximum absolute atomic E-state index is 6.08. The van der Waals surface area contributed by atoms with Crippen LogP contribution in [0.15, 0.2) is 28.7 Å². The molecule has 0 saturated heterocycles. The number of aromatic amines is 1. The third kappa shape index (κ3) is 3.89. The minimum Gasteiger partial charge on any atom is -0.490 e. The van der Waals surface area contributed by atoms with E-state index in [1.165, 1.54) is 0 Å². The Bertz CT molecular complexity index is 873. The van der Waals surface area contributed by atoms with Crippen molar-refractivity contribution in [3.05, 3.63) is 38.8 Å². The lowest BCUT2D eigenvalue weighted by Gasteiger charge is -2.14. The Morgan fingerprint density at radius 1 is 1.08 bits per heavy atom. The van der Waals surface area contributed by atoms with Crippen LogP contribution in [0.1, 0.15) is 20.3 Å². The molecule has 0 saturated carbocycles. The number of imidazole rings is 1. The summed E-state index contributed by atoms with van der Waals surface area (Å²) < 4.78 is 12.4. The summed E-state index contributed by atoms with van der Waals surface area (Å²) in [7, 11) is 0. The second-order valence-electron chi connectivity index (χ2n) is 5.44. The molecule has 0 atom stereocenters. The Labute approximate surface area is 164 Å². The van der Waals surface area contributed by atoms with E-state index in [0.717, 1.165) is 27.5 Å². The molecule has 4 nitrogen and oxygen atoms in total. The van der Waals surface area contributed by atoms with Crippen LogP contribution >= 0.6 is 39.1 Å². The van der Waals surface area contributed by atoms with Crippen molar-refractivity contribution in [1.29, 1.82) is 0 Å². The van der Waals surface area contributed by atoms with Crippen molar-refractivity contribution in [2.75, 3.05) is 13.2 Å². The smallest absolute Gasteiger partial charge is 0.175 e. The van der Waals surface area contributed by atoms with Crippen LogP contribution in [0.4, 0.5) is 0 Å². The first-order valence-electron chi connectivity index (χ1n) is 7.97. The quantitative estimate of drug-likeness (QED) is 0.473. The summed E-state index contributed by atoms with van der Waals surface area (Å²) in [5.74, 6) is 2.09. The molecule has 0 aliphatic heterocycles. The molecule has 132 valence electrons. The normalized spacial score (nSPS) is 11.1. The van der Waals surface area contributed by atoms with E-state index in [9.17, 15) is 0 Å². The molecule has 25 heavy (non-hydrogen) atoms. The molecule has 0 bridgehead atoms. The Balaban J connectivity index is 2.07. The van der Waals surface area contributed by atoms with Gasteiger partial charge in [-0.3, -0.25) is 0 Å². The van der Waals surface area contributed by atoms with E-state index in [1.807, 2.05) is 19.1 Å². The van der Waals surface area contributed by atoms with Crippen LogP contribution in [-0.2, 0) is 0 Å². The van der Waals surface area contributed by atoms with Crippen LogP contribution in [0.3, 0.4) is 0 Å². The lowest BCUT2D eigenvalue weighted by Crippen LogP contribution is -2.01. The molecule has 1 N–H and O–H groups in total. The maximum atomic E-state index is 6.08. The number of fused-ring (bicyclic) bond motifs is 1. The summed E-state index contributed by atoms with van der Waals surface area (Å²) in [4.78, 5) is 7.87. The first-order valence-corrected chi connectivity index (χ1v) is 9.52. The predicted molar refractivity (Wildman–Crippen MR) is 106 cm³/mol. The van der Waals surface area contributed by atoms with Crippen molar-refractivity contribution in [2.24, 2.45) is 0 Å². The predicted octanol–water partition coefficient (Wildman–Crippen LogP) is 6.49. The number of halogens is 3. The number of ether oxygens (including phenoxy) is 2. The number of benzene rings is 2. The van der Waals surface area contributed by atoms with Crippen LogP contribution in [0.25, 0.3) is 22.4 Å². The van der Waals surface area contributed by atoms with Gasteiger partial charge in [0.15, 0.2) is 11.5 Å². The van der Waals surface area contributed by atoms with E-state index in [-0.39, 0.29) is 0 Å². The molecule has 0 fully saturated rings. The van der Waals surface area contributed by atoms with Gasteiger partial charge in [0.1, 0.15) is 5.82 Å². The molecule has 0 amide bonds. The van der Waals surface area contributed by atoms with Gasteiger partial charge in [0, 0.05) is 5.56 Å².